The largest absolute Gasteiger partial charge is 0.496 e. The van der Waals surface area contributed by atoms with Crippen molar-refractivity contribution < 1.29 is 4.74 Å². The van der Waals surface area contributed by atoms with Crippen molar-refractivity contribution in [3.8, 4) is 5.75 Å². The number of likely N-dealkylation sites (N-methyl/N-ethyl adjacent to an activating group) is 1. The summed E-state index contributed by atoms with van der Waals surface area (Å²) in [6, 6.07) is 4.24. The van der Waals surface area contributed by atoms with E-state index in [0.717, 1.165) is 25.4 Å². The summed E-state index contributed by atoms with van der Waals surface area (Å²) < 4.78 is 5.32. The standard InChI is InChI=1S/C14H24N2O/c1-11-12(2)14(17-5)7-6-13(11)8-9-16(4)10-15-3/h6-7,15H,8-10H2,1-5H3. The first kappa shape index (κ1) is 14.0. The highest BCUT2D eigenvalue weighted by molar-refractivity contribution is 5.43. The maximum Gasteiger partial charge on any atom is 0.122 e. The minimum atomic E-state index is 0.925. The first-order chi connectivity index (χ1) is 8.10. The topological polar surface area (TPSA) is 24.5 Å². The second-order valence-corrected chi connectivity index (χ2v) is 4.52. The van der Waals surface area contributed by atoms with Crippen molar-refractivity contribution in [1.29, 1.82) is 0 Å². The molecule has 0 atom stereocenters. The fourth-order valence-electron chi connectivity index (χ4n) is 2.00. The zero-order chi connectivity index (χ0) is 12.8. The van der Waals surface area contributed by atoms with Gasteiger partial charge >= 0.3 is 0 Å². The van der Waals surface area contributed by atoms with Gasteiger partial charge in [0.15, 0.2) is 0 Å². The summed E-state index contributed by atoms with van der Waals surface area (Å²) in [4.78, 5) is 2.28. The Kier molecular flexibility index (Phi) is 5.45. The molecule has 0 radical (unpaired) electrons. The van der Waals surface area contributed by atoms with Gasteiger partial charge in [0.2, 0.25) is 0 Å². The van der Waals surface area contributed by atoms with Gasteiger partial charge in [-0.15, -0.1) is 0 Å². The van der Waals surface area contributed by atoms with Crippen LogP contribution in [0.1, 0.15) is 16.7 Å². The SMILES string of the molecule is CNCN(C)CCc1ccc(OC)c(C)c1C. The Morgan fingerprint density at radius 2 is 1.94 bits per heavy atom. The molecule has 0 saturated heterocycles. The normalized spacial score (nSPS) is 10.9. The van der Waals surface area contributed by atoms with Crippen LogP contribution in [0, 0.1) is 13.8 Å². The summed E-state index contributed by atoms with van der Waals surface area (Å²) in [7, 11) is 5.82. The van der Waals surface area contributed by atoms with Gasteiger partial charge in [-0.1, -0.05) is 6.07 Å². The molecular weight excluding hydrogens is 212 g/mol. The zero-order valence-corrected chi connectivity index (χ0v) is 11.6. The third kappa shape index (κ3) is 3.72. The second-order valence-electron chi connectivity index (χ2n) is 4.52. The average molecular weight is 236 g/mol. The molecule has 3 heteroatoms. The lowest BCUT2D eigenvalue weighted by molar-refractivity contribution is 0.321. The summed E-state index contributed by atoms with van der Waals surface area (Å²) in [5.41, 5.74) is 4.01. The second kappa shape index (κ2) is 6.62. The first-order valence-corrected chi connectivity index (χ1v) is 6.06. The van der Waals surface area contributed by atoms with Crippen LogP contribution in [0.4, 0.5) is 0 Å². The van der Waals surface area contributed by atoms with Crippen molar-refractivity contribution >= 4 is 0 Å². The zero-order valence-electron chi connectivity index (χ0n) is 11.6. The van der Waals surface area contributed by atoms with Gasteiger partial charge in [0.25, 0.3) is 0 Å². The van der Waals surface area contributed by atoms with E-state index in [4.69, 9.17) is 4.74 Å². The number of hydrogen-bond acceptors (Lipinski definition) is 3. The van der Waals surface area contributed by atoms with Crippen molar-refractivity contribution in [3.63, 3.8) is 0 Å². The molecule has 0 aromatic heterocycles. The number of hydrogen-bond donors (Lipinski definition) is 1. The number of nitrogens with one attached hydrogen (secondary N) is 1. The average Bonchev–Trinajstić information content (AvgIpc) is 2.31. The smallest absolute Gasteiger partial charge is 0.122 e. The van der Waals surface area contributed by atoms with Gasteiger partial charge in [-0.2, -0.15) is 0 Å². The van der Waals surface area contributed by atoms with Crippen molar-refractivity contribution in [2.75, 3.05) is 34.4 Å². The van der Waals surface area contributed by atoms with E-state index in [1.54, 1.807) is 7.11 Å². The number of nitrogens with zero attached hydrogens (tertiary/aromatic N) is 1. The van der Waals surface area contributed by atoms with Gasteiger partial charge in [0, 0.05) is 13.2 Å². The van der Waals surface area contributed by atoms with Gasteiger partial charge < -0.3 is 10.1 Å². The van der Waals surface area contributed by atoms with Crippen LogP contribution in [0.3, 0.4) is 0 Å². The lowest BCUT2D eigenvalue weighted by Gasteiger charge is -2.18. The van der Waals surface area contributed by atoms with E-state index in [0.29, 0.717) is 0 Å². The Bertz CT molecular complexity index is 363. The lowest BCUT2D eigenvalue weighted by atomic mass is 10.00. The van der Waals surface area contributed by atoms with Gasteiger partial charge in [-0.25, -0.2) is 0 Å². The molecule has 96 valence electrons. The third-order valence-corrected chi connectivity index (χ3v) is 3.26. The molecular formula is C14H24N2O. The van der Waals surface area contributed by atoms with E-state index in [1.807, 2.05) is 7.05 Å². The van der Waals surface area contributed by atoms with Crippen LogP contribution < -0.4 is 10.1 Å². The molecule has 0 unspecified atom stereocenters. The summed E-state index contributed by atoms with van der Waals surface area (Å²) in [6.45, 7) is 6.28. The van der Waals surface area contributed by atoms with E-state index in [9.17, 15) is 0 Å². The molecule has 0 bridgehead atoms. The Morgan fingerprint density at radius 3 is 2.53 bits per heavy atom. The first-order valence-electron chi connectivity index (χ1n) is 6.06. The molecule has 0 heterocycles. The van der Waals surface area contributed by atoms with Crippen LogP contribution >= 0.6 is 0 Å². The molecule has 0 saturated carbocycles. The van der Waals surface area contributed by atoms with Crippen molar-refractivity contribution in [2.24, 2.45) is 0 Å². The maximum absolute atomic E-state index is 5.32. The van der Waals surface area contributed by atoms with Crippen LogP contribution in [-0.4, -0.2) is 39.3 Å². The Labute approximate surface area is 105 Å². The van der Waals surface area contributed by atoms with Crippen LogP contribution in [-0.2, 0) is 6.42 Å². The number of ether oxygens (including phenoxy) is 1. The van der Waals surface area contributed by atoms with Crippen molar-refractivity contribution in [1.82, 2.24) is 10.2 Å². The molecule has 3 nitrogen and oxygen atoms in total. The van der Waals surface area contributed by atoms with Crippen molar-refractivity contribution in [2.45, 2.75) is 20.3 Å². The van der Waals surface area contributed by atoms with Gasteiger partial charge in [-0.05, 0) is 57.1 Å². The lowest BCUT2D eigenvalue weighted by Crippen LogP contribution is -2.30. The van der Waals surface area contributed by atoms with Crippen LogP contribution in [0.5, 0.6) is 5.75 Å². The van der Waals surface area contributed by atoms with E-state index in [-0.39, 0.29) is 0 Å². The van der Waals surface area contributed by atoms with E-state index >= 15 is 0 Å². The molecule has 1 aromatic carbocycles. The molecule has 0 aliphatic carbocycles. The molecule has 0 aliphatic rings. The monoisotopic (exact) mass is 236 g/mol. The number of methoxy groups -OCH3 is 1. The summed E-state index contributed by atoms with van der Waals surface area (Å²) in [6.07, 6.45) is 1.08. The fourth-order valence-corrected chi connectivity index (χ4v) is 2.00. The minimum absolute atomic E-state index is 0.925. The molecule has 17 heavy (non-hydrogen) atoms. The highest BCUT2D eigenvalue weighted by Gasteiger charge is 2.07. The molecule has 1 N–H and O–H groups in total. The summed E-state index contributed by atoms with van der Waals surface area (Å²) >= 11 is 0. The highest BCUT2D eigenvalue weighted by Crippen LogP contribution is 2.24. The summed E-state index contributed by atoms with van der Waals surface area (Å²) in [5, 5.41) is 3.15. The van der Waals surface area contributed by atoms with Gasteiger partial charge in [0.05, 0.1) is 7.11 Å². The highest BCUT2D eigenvalue weighted by atomic mass is 16.5. The molecule has 1 rings (SSSR count). The molecule has 0 fully saturated rings. The van der Waals surface area contributed by atoms with E-state index in [1.165, 1.54) is 16.7 Å². The van der Waals surface area contributed by atoms with Gasteiger partial charge in [0.1, 0.15) is 5.75 Å². The van der Waals surface area contributed by atoms with Gasteiger partial charge in [-0.3, -0.25) is 4.90 Å². The van der Waals surface area contributed by atoms with E-state index < -0.39 is 0 Å². The predicted octanol–water partition coefficient (Wildman–Crippen LogP) is 1.96. The van der Waals surface area contributed by atoms with Crippen LogP contribution in [0.15, 0.2) is 12.1 Å². The fraction of sp³-hybridized carbons (Fsp3) is 0.571. The Hall–Kier alpha value is -1.06. The predicted molar refractivity (Wildman–Crippen MR) is 72.7 cm³/mol. The number of rotatable bonds is 6. The molecule has 0 aliphatic heterocycles. The minimum Gasteiger partial charge on any atom is -0.496 e. The van der Waals surface area contributed by atoms with Crippen molar-refractivity contribution in [3.05, 3.63) is 28.8 Å². The van der Waals surface area contributed by atoms with Crippen LogP contribution in [0.2, 0.25) is 0 Å². The quantitative estimate of drug-likeness (QED) is 0.764. The Balaban J connectivity index is 2.69. The molecule has 0 amide bonds. The summed E-state index contributed by atoms with van der Waals surface area (Å²) in [5.74, 6) is 0.981. The Morgan fingerprint density at radius 1 is 1.24 bits per heavy atom. The molecule has 0 spiro atoms. The van der Waals surface area contributed by atoms with Crippen LogP contribution in [0.25, 0.3) is 0 Å². The maximum atomic E-state index is 5.32. The number of benzene rings is 1. The van der Waals surface area contributed by atoms with E-state index in [2.05, 4.69) is 43.2 Å². The molecule has 1 aromatic rings. The third-order valence-electron chi connectivity index (χ3n) is 3.26.